The van der Waals surface area contributed by atoms with Gasteiger partial charge < -0.3 is 4.52 Å². The van der Waals surface area contributed by atoms with Crippen molar-refractivity contribution in [3.8, 4) is 0 Å². The SMILES string of the molecule is CC(C)(C)OP1C=CCC1. The fraction of sp³-hybridized carbons (Fsp3) is 0.750. The normalized spacial score (nSPS) is 25.7. The Kier molecular flexibility index (Phi) is 2.49. The van der Waals surface area contributed by atoms with Crippen LogP contribution in [-0.4, -0.2) is 11.8 Å². The maximum atomic E-state index is 5.78. The molecule has 0 aliphatic carbocycles. The summed E-state index contributed by atoms with van der Waals surface area (Å²) in [4.78, 5) is 0. The first-order valence-electron chi connectivity index (χ1n) is 3.70. The van der Waals surface area contributed by atoms with Gasteiger partial charge >= 0.3 is 0 Å². The third-order valence-corrected chi connectivity index (χ3v) is 3.20. The molecule has 1 heterocycles. The van der Waals surface area contributed by atoms with Crippen molar-refractivity contribution in [1.82, 2.24) is 0 Å². The van der Waals surface area contributed by atoms with Crippen molar-refractivity contribution in [3.05, 3.63) is 11.9 Å². The van der Waals surface area contributed by atoms with E-state index in [9.17, 15) is 0 Å². The van der Waals surface area contributed by atoms with Crippen LogP contribution in [-0.2, 0) is 4.52 Å². The number of hydrogen-bond donors (Lipinski definition) is 0. The molecule has 0 saturated heterocycles. The summed E-state index contributed by atoms with van der Waals surface area (Å²) in [5, 5.41) is 0. The molecule has 0 fully saturated rings. The van der Waals surface area contributed by atoms with E-state index < -0.39 is 0 Å². The molecule has 0 aromatic rings. The minimum atomic E-state index is -0.214. The van der Waals surface area contributed by atoms with Gasteiger partial charge in [-0.15, -0.1) is 0 Å². The molecule has 0 spiro atoms. The molecule has 1 rings (SSSR count). The first-order chi connectivity index (χ1) is 4.58. The van der Waals surface area contributed by atoms with Crippen LogP contribution in [0.4, 0.5) is 0 Å². The summed E-state index contributed by atoms with van der Waals surface area (Å²) in [6.07, 6.45) is 4.66. The largest absolute Gasteiger partial charge is 0.350 e. The highest BCUT2D eigenvalue weighted by Gasteiger charge is 2.18. The summed E-state index contributed by atoms with van der Waals surface area (Å²) in [6, 6.07) is 0. The Hall–Kier alpha value is 0.130. The molecule has 1 aliphatic rings. The standard InChI is InChI=1S/C8H15OP/c1-8(2,3)9-10-6-4-5-7-10/h4,6H,5,7H2,1-3H3. The van der Waals surface area contributed by atoms with E-state index in [4.69, 9.17) is 4.52 Å². The van der Waals surface area contributed by atoms with E-state index in [0.29, 0.717) is 0 Å². The zero-order chi connectivity index (χ0) is 7.61. The lowest BCUT2D eigenvalue weighted by Gasteiger charge is -2.23. The molecule has 0 radical (unpaired) electrons. The summed E-state index contributed by atoms with van der Waals surface area (Å²) < 4.78 is 5.78. The second-order valence-electron chi connectivity index (χ2n) is 3.52. The number of rotatable bonds is 1. The quantitative estimate of drug-likeness (QED) is 0.533. The zero-order valence-electron chi connectivity index (χ0n) is 6.92. The van der Waals surface area contributed by atoms with E-state index >= 15 is 0 Å². The number of allylic oxidation sites excluding steroid dienone is 1. The Morgan fingerprint density at radius 1 is 1.40 bits per heavy atom. The van der Waals surface area contributed by atoms with Gasteiger partial charge in [0.25, 0.3) is 0 Å². The lowest BCUT2D eigenvalue weighted by atomic mass is 10.2. The van der Waals surface area contributed by atoms with Crippen LogP contribution in [0.3, 0.4) is 0 Å². The van der Waals surface area contributed by atoms with E-state index in [1.807, 2.05) is 0 Å². The smallest absolute Gasteiger partial charge is 0.0645 e. The van der Waals surface area contributed by atoms with Crippen LogP contribution in [0.15, 0.2) is 11.9 Å². The second kappa shape index (κ2) is 3.02. The van der Waals surface area contributed by atoms with Gasteiger partial charge in [-0.3, -0.25) is 0 Å². The van der Waals surface area contributed by atoms with Crippen molar-refractivity contribution in [3.63, 3.8) is 0 Å². The minimum Gasteiger partial charge on any atom is -0.350 e. The maximum Gasteiger partial charge on any atom is 0.0645 e. The van der Waals surface area contributed by atoms with Crippen molar-refractivity contribution in [2.45, 2.75) is 32.8 Å². The highest BCUT2D eigenvalue weighted by Crippen LogP contribution is 2.46. The average molecular weight is 158 g/mol. The monoisotopic (exact) mass is 158 g/mol. The van der Waals surface area contributed by atoms with Crippen LogP contribution in [0, 0.1) is 0 Å². The molecule has 0 amide bonds. The topological polar surface area (TPSA) is 9.23 Å². The molecule has 0 aromatic heterocycles. The summed E-state index contributed by atoms with van der Waals surface area (Å²) >= 11 is 0. The fourth-order valence-corrected chi connectivity index (χ4v) is 2.69. The zero-order valence-corrected chi connectivity index (χ0v) is 7.82. The molecule has 1 atom stereocenters. The van der Waals surface area contributed by atoms with Gasteiger partial charge in [0.2, 0.25) is 0 Å². The average Bonchev–Trinajstić information content (AvgIpc) is 2.12. The van der Waals surface area contributed by atoms with Crippen molar-refractivity contribution in [1.29, 1.82) is 0 Å². The van der Waals surface area contributed by atoms with E-state index in [2.05, 4.69) is 32.7 Å². The molecular weight excluding hydrogens is 143 g/mol. The van der Waals surface area contributed by atoms with Gasteiger partial charge in [-0.25, -0.2) is 0 Å². The lowest BCUT2D eigenvalue weighted by Crippen LogP contribution is -2.15. The van der Waals surface area contributed by atoms with Crippen LogP contribution >= 0.6 is 8.15 Å². The van der Waals surface area contributed by atoms with Gasteiger partial charge in [-0.05, 0) is 39.2 Å². The third kappa shape index (κ3) is 2.81. The van der Waals surface area contributed by atoms with Gasteiger partial charge in [-0.2, -0.15) is 0 Å². The molecule has 58 valence electrons. The van der Waals surface area contributed by atoms with E-state index in [1.54, 1.807) is 0 Å². The van der Waals surface area contributed by atoms with Crippen LogP contribution in [0.2, 0.25) is 0 Å². The number of hydrogen-bond acceptors (Lipinski definition) is 1. The lowest BCUT2D eigenvalue weighted by molar-refractivity contribution is 0.153. The fourth-order valence-electron chi connectivity index (χ4n) is 0.896. The Labute approximate surface area is 64.3 Å². The molecule has 1 aliphatic heterocycles. The Bertz CT molecular complexity index is 135. The molecule has 1 nitrogen and oxygen atoms in total. The van der Waals surface area contributed by atoms with Crippen molar-refractivity contribution < 1.29 is 4.52 Å². The van der Waals surface area contributed by atoms with Crippen LogP contribution in [0.25, 0.3) is 0 Å². The van der Waals surface area contributed by atoms with E-state index in [1.165, 1.54) is 12.6 Å². The summed E-state index contributed by atoms with van der Waals surface area (Å²) in [5.41, 5.74) is 0.0420. The molecule has 0 bridgehead atoms. The predicted octanol–water partition coefficient (Wildman–Crippen LogP) is 3.12. The first kappa shape index (κ1) is 8.23. The van der Waals surface area contributed by atoms with Crippen molar-refractivity contribution in [2.75, 3.05) is 6.16 Å². The predicted molar refractivity (Wildman–Crippen MR) is 46.4 cm³/mol. The van der Waals surface area contributed by atoms with Crippen molar-refractivity contribution in [2.24, 2.45) is 0 Å². The van der Waals surface area contributed by atoms with Gasteiger partial charge in [0.15, 0.2) is 0 Å². The molecule has 2 heteroatoms. The molecule has 0 saturated carbocycles. The van der Waals surface area contributed by atoms with E-state index in [-0.39, 0.29) is 13.7 Å². The second-order valence-corrected chi connectivity index (χ2v) is 5.28. The maximum absolute atomic E-state index is 5.78. The Morgan fingerprint density at radius 2 is 2.10 bits per heavy atom. The third-order valence-electron chi connectivity index (χ3n) is 1.18. The van der Waals surface area contributed by atoms with Crippen LogP contribution in [0.1, 0.15) is 27.2 Å². The van der Waals surface area contributed by atoms with Gasteiger partial charge in [0, 0.05) is 0 Å². The van der Waals surface area contributed by atoms with Gasteiger partial charge in [0.05, 0.1) is 13.7 Å². The van der Waals surface area contributed by atoms with Crippen LogP contribution in [0.5, 0.6) is 0 Å². The highest BCUT2D eigenvalue weighted by atomic mass is 31.1. The van der Waals surface area contributed by atoms with Crippen LogP contribution < -0.4 is 0 Å². The molecule has 0 N–H and O–H groups in total. The van der Waals surface area contributed by atoms with Gasteiger partial charge in [-0.1, -0.05) is 6.08 Å². The Balaban J connectivity index is 2.31. The Morgan fingerprint density at radius 3 is 2.50 bits per heavy atom. The minimum absolute atomic E-state index is 0.0420. The highest BCUT2D eigenvalue weighted by molar-refractivity contribution is 7.56. The summed E-state index contributed by atoms with van der Waals surface area (Å²) in [6.45, 7) is 6.34. The summed E-state index contributed by atoms with van der Waals surface area (Å²) in [5.74, 6) is 2.22. The summed E-state index contributed by atoms with van der Waals surface area (Å²) in [7, 11) is -0.214. The van der Waals surface area contributed by atoms with E-state index in [0.717, 1.165) is 0 Å². The van der Waals surface area contributed by atoms with Gasteiger partial charge in [0.1, 0.15) is 0 Å². The molecular formula is C8H15OP. The molecule has 1 unspecified atom stereocenters. The van der Waals surface area contributed by atoms with Crippen molar-refractivity contribution >= 4 is 8.15 Å². The molecule has 10 heavy (non-hydrogen) atoms. The molecule has 0 aromatic carbocycles. The first-order valence-corrected chi connectivity index (χ1v) is 5.22.